The molecule has 0 N–H and O–H groups in total. The van der Waals surface area contributed by atoms with E-state index in [0.29, 0.717) is 33.2 Å². The minimum atomic E-state index is -1.46. The van der Waals surface area contributed by atoms with E-state index >= 15 is 0 Å². The molecule has 1 radical (unpaired) electrons. The molecule has 0 aliphatic rings. The van der Waals surface area contributed by atoms with Gasteiger partial charge in [-0.15, -0.1) is 48.0 Å². The Labute approximate surface area is 324 Å². The third-order valence-electron chi connectivity index (χ3n) is 9.22. The molecule has 0 bridgehead atoms. The van der Waals surface area contributed by atoms with Gasteiger partial charge in [-0.1, -0.05) is 85.4 Å². The van der Waals surface area contributed by atoms with Crippen LogP contribution in [-0.2, 0) is 20.1 Å². The zero-order valence-electron chi connectivity index (χ0n) is 30.4. The van der Waals surface area contributed by atoms with E-state index in [4.69, 9.17) is 9.40 Å². The SMILES string of the molecule is C[Si](C)(C)c1cnc(-c2[c-]cccc2)cc1-c1ccccc1.Cc1cc(C)c(-c2ccnc(-c3[c-]cc(F)c4c3oc3cc(F)ccc34)c2)c(C)c1.[Ir]. The molecule has 0 saturated heterocycles. The fraction of sp³-hybridized carbons (Fsp3) is 0.130. The van der Waals surface area contributed by atoms with Crippen LogP contribution in [-0.4, -0.2) is 18.0 Å². The zero-order valence-corrected chi connectivity index (χ0v) is 33.8. The summed E-state index contributed by atoms with van der Waals surface area (Å²) in [6.45, 7) is 13.4. The van der Waals surface area contributed by atoms with Gasteiger partial charge in [0.1, 0.15) is 11.4 Å². The van der Waals surface area contributed by atoms with E-state index in [1.165, 1.54) is 57.3 Å². The number of pyridine rings is 2. The summed E-state index contributed by atoms with van der Waals surface area (Å²) < 4.78 is 34.1. The Hall–Kier alpha value is -5.07. The van der Waals surface area contributed by atoms with Crippen molar-refractivity contribution in [1.29, 1.82) is 0 Å². The number of fused-ring (bicyclic) bond motifs is 3. The van der Waals surface area contributed by atoms with Gasteiger partial charge >= 0.3 is 0 Å². The van der Waals surface area contributed by atoms with Gasteiger partial charge in [-0.25, -0.2) is 4.39 Å². The second-order valence-electron chi connectivity index (χ2n) is 14.2. The van der Waals surface area contributed by atoms with Gasteiger partial charge in [0, 0.05) is 49.8 Å². The molecule has 3 aromatic heterocycles. The van der Waals surface area contributed by atoms with Gasteiger partial charge in [0.05, 0.1) is 13.7 Å². The fourth-order valence-electron chi connectivity index (χ4n) is 6.91. The van der Waals surface area contributed by atoms with E-state index in [0.717, 1.165) is 22.4 Å². The van der Waals surface area contributed by atoms with Crippen LogP contribution in [0.1, 0.15) is 16.7 Å². The summed E-state index contributed by atoms with van der Waals surface area (Å²) >= 11 is 0. The van der Waals surface area contributed by atoms with E-state index in [1.54, 1.807) is 6.20 Å². The van der Waals surface area contributed by atoms with Crippen molar-refractivity contribution in [2.75, 3.05) is 0 Å². The van der Waals surface area contributed by atoms with Crippen molar-refractivity contribution in [1.82, 2.24) is 9.97 Å². The second-order valence-corrected chi connectivity index (χ2v) is 19.2. The largest absolute Gasteiger partial charge is 0.500 e. The Morgan fingerprint density at radius 1 is 0.717 bits per heavy atom. The van der Waals surface area contributed by atoms with Crippen molar-refractivity contribution in [3.05, 3.63) is 162 Å². The molecule has 8 aromatic rings. The van der Waals surface area contributed by atoms with Gasteiger partial charge in [-0.3, -0.25) is 4.39 Å². The molecule has 5 aromatic carbocycles. The molecule has 0 fully saturated rings. The maximum Gasteiger partial charge on any atom is 0.126 e. The summed E-state index contributed by atoms with van der Waals surface area (Å²) in [4.78, 5) is 9.20. The normalized spacial score (nSPS) is 11.2. The summed E-state index contributed by atoms with van der Waals surface area (Å²) in [7, 11) is -1.46. The van der Waals surface area contributed by atoms with Crippen molar-refractivity contribution in [3.63, 3.8) is 0 Å². The number of rotatable bonds is 5. The maximum atomic E-state index is 14.6. The van der Waals surface area contributed by atoms with Crippen LogP contribution in [0.3, 0.4) is 0 Å². The minimum Gasteiger partial charge on any atom is -0.500 e. The molecular formula is C46H38F2IrN2OSi-2. The number of benzene rings is 5. The predicted octanol–water partition coefficient (Wildman–Crippen LogP) is 12.1. The molecule has 0 atom stereocenters. The van der Waals surface area contributed by atoms with Crippen LogP contribution >= 0.6 is 0 Å². The summed E-state index contributed by atoms with van der Waals surface area (Å²) in [6, 6.07) is 40.7. The first-order chi connectivity index (χ1) is 25.0. The average Bonchev–Trinajstić information content (AvgIpc) is 3.51. The van der Waals surface area contributed by atoms with Crippen LogP contribution in [0, 0.1) is 44.5 Å². The van der Waals surface area contributed by atoms with Crippen molar-refractivity contribution in [3.8, 4) is 44.8 Å². The molecule has 3 nitrogen and oxygen atoms in total. The fourth-order valence-corrected chi connectivity index (χ4v) is 8.39. The van der Waals surface area contributed by atoms with Gasteiger partial charge in [-0.2, -0.15) is 0 Å². The van der Waals surface area contributed by atoms with Crippen molar-refractivity contribution < 1.29 is 33.3 Å². The summed E-state index contributed by atoms with van der Waals surface area (Å²) in [5.41, 5.74) is 12.1. The Morgan fingerprint density at radius 3 is 2.15 bits per heavy atom. The first-order valence-electron chi connectivity index (χ1n) is 17.3. The number of hydrogen-bond acceptors (Lipinski definition) is 3. The van der Waals surface area contributed by atoms with Crippen LogP contribution in [0.2, 0.25) is 19.6 Å². The molecule has 8 rings (SSSR count). The third kappa shape index (κ3) is 7.84. The third-order valence-corrected chi connectivity index (χ3v) is 11.2. The number of halogens is 2. The van der Waals surface area contributed by atoms with Gasteiger partial charge < -0.3 is 14.4 Å². The van der Waals surface area contributed by atoms with Crippen molar-refractivity contribution in [2.24, 2.45) is 0 Å². The molecule has 0 unspecified atom stereocenters. The summed E-state index contributed by atoms with van der Waals surface area (Å²) in [5, 5.41) is 2.24. The zero-order chi connectivity index (χ0) is 36.6. The Bertz CT molecular complexity index is 2540. The molecule has 0 aliphatic carbocycles. The number of nitrogens with zero attached hydrogens (tertiary/aromatic N) is 2. The second kappa shape index (κ2) is 15.5. The Balaban J connectivity index is 0.000000187. The van der Waals surface area contributed by atoms with Gasteiger partial charge in [0.2, 0.25) is 0 Å². The molecule has 0 saturated carbocycles. The van der Waals surface area contributed by atoms with Crippen LogP contribution in [0.25, 0.3) is 66.7 Å². The summed E-state index contributed by atoms with van der Waals surface area (Å²) in [5.74, 6) is -0.890. The first kappa shape index (κ1) is 37.7. The smallest absolute Gasteiger partial charge is 0.126 e. The van der Waals surface area contributed by atoms with Crippen molar-refractivity contribution in [2.45, 2.75) is 40.4 Å². The average molecular weight is 893 g/mol. The minimum absolute atomic E-state index is 0. The number of aryl methyl sites for hydroxylation is 3. The van der Waals surface area contributed by atoms with E-state index in [-0.39, 0.29) is 20.1 Å². The quantitative estimate of drug-likeness (QED) is 0.128. The van der Waals surface area contributed by atoms with Crippen LogP contribution in [0.5, 0.6) is 0 Å². The van der Waals surface area contributed by atoms with E-state index in [9.17, 15) is 8.78 Å². The summed E-state index contributed by atoms with van der Waals surface area (Å²) in [6.07, 6.45) is 3.81. The van der Waals surface area contributed by atoms with Crippen LogP contribution in [0.15, 0.2) is 126 Å². The van der Waals surface area contributed by atoms with Gasteiger partial charge in [0.15, 0.2) is 0 Å². The molecule has 0 spiro atoms. The molecule has 267 valence electrons. The molecule has 0 aliphatic heterocycles. The molecule has 0 amide bonds. The monoisotopic (exact) mass is 893 g/mol. The molecular weight excluding hydrogens is 855 g/mol. The van der Waals surface area contributed by atoms with Crippen LogP contribution < -0.4 is 5.19 Å². The van der Waals surface area contributed by atoms with Crippen LogP contribution in [0.4, 0.5) is 8.78 Å². The Kier molecular flexibility index (Phi) is 11.0. The van der Waals surface area contributed by atoms with Gasteiger partial charge in [0.25, 0.3) is 0 Å². The molecule has 7 heteroatoms. The number of hydrogen-bond donors (Lipinski definition) is 0. The molecule has 3 heterocycles. The Morgan fingerprint density at radius 2 is 1.45 bits per heavy atom. The predicted molar refractivity (Wildman–Crippen MR) is 212 cm³/mol. The number of furan rings is 1. The van der Waals surface area contributed by atoms with E-state index in [2.05, 4.69) is 118 Å². The maximum absolute atomic E-state index is 14.6. The van der Waals surface area contributed by atoms with Gasteiger partial charge in [-0.05, 0) is 94.3 Å². The molecule has 53 heavy (non-hydrogen) atoms. The first-order valence-corrected chi connectivity index (χ1v) is 20.8. The number of aromatic nitrogens is 2. The van der Waals surface area contributed by atoms with Crippen molar-refractivity contribution >= 4 is 35.2 Å². The standard InChI is InChI=1S/C26H18F2NO.C20H20NSi.Ir/c1-14-10-15(2)24(16(3)11-14)17-8-9-29-22(12-17)19-6-7-21(28)25-20-5-4-18(27)13-23(20)30-26(19)25;1-22(2,3)20-15-21-19(17-12-8-5-9-13-17)14-18(20)16-10-6-4-7-11-16;/h4-5,7-13H,1-3H3;4-12,14-15H,1-3H3;/q2*-1;. The van der Waals surface area contributed by atoms with E-state index < -0.39 is 19.7 Å². The van der Waals surface area contributed by atoms with E-state index in [1.807, 2.05) is 30.3 Å². The topological polar surface area (TPSA) is 38.9 Å².